The van der Waals surface area contributed by atoms with Crippen LogP contribution in [0, 0.1) is 10.8 Å². The van der Waals surface area contributed by atoms with E-state index in [0.29, 0.717) is 5.75 Å². The Morgan fingerprint density at radius 3 is 2.40 bits per heavy atom. The Morgan fingerprint density at radius 2 is 2.40 bits per heavy atom. The first-order valence-corrected chi connectivity index (χ1v) is 2.53. The third-order valence-corrected chi connectivity index (χ3v) is 0.584. The highest BCUT2D eigenvalue weighted by Crippen LogP contribution is 1.70. The molecule has 0 aliphatic carbocycles. The Morgan fingerprint density at radius 1 is 1.80 bits per heavy atom. The predicted octanol–water partition coefficient (Wildman–Crippen LogP) is 1.27. The first-order valence-electron chi connectivity index (χ1n) is 1.11. The summed E-state index contributed by atoms with van der Waals surface area (Å²) in [6.45, 7) is 0. The summed E-state index contributed by atoms with van der Waals surface area (Å²) in [4.78, 5) is 2.50. The van der Waals surface area contributed by atoms with Gasteiger partial charge in [-0.05, 0) is 4.83 Å². The minimum absolute atomic E-state index is 0.630. The standard InChI is InChI=1S/C3H3BrS/c4-2-1-3-5/h5H,3H2. The number of thiol groups is 1. The van der Waals surface area contributed by atoms with E-state index in [9.17, 15) is 0 Å². The van der Waals surface area contributed by atoms with Gasteiger partial charge in [-0.3, -0.25) is 0 Å². The van der Waals surface area contributed by atoms with Crippen molar-refractivity contribution in [2.24, 2.45) is 0 Å². The maximum Gasteiger partial charge on any atom is 0.0526 e. The molecule has 0 rings (SSSR count). The fraction of sp³-hybridized carbons (Fsp3) is 0.333. The van der Waals surface area contributed by atoms with E-state index < -0.39 is 0 Å². The Hall–Kier alpha value is 0.390. The van der Waals surface area contributed by atoms with Gasteiger partial charge in [-0.1, -0.05) is 5.92 Å². The monoisotopic (exact) mass is 150 g/mol. The van der Waals surface area contributed by atoms with Crippen LogP contribution in [0.5, 0.6) is 0 Å². The molecule has 0 aliphatic rings. The normalized spacial score (nSPS) is 5.20. The zero-order chi connectivity index (χ0) is 4.12. The fourth-order valence-electron chi connectivity index (χ4n) is 0.0299. The number of hydrogen-bond donors (Lipinski definition) is 1. The zero-order valence-electron chi connectivity index (χ0n) is 2.53. The highest BCUT2D eigenvalue weighted by molar-refractivity contribution is 9.12. The van der Waals surface area contributed by atoms with Crippen molar-refractivity contribution in [3.8, 4) is 10.8 Å². The molecule has 0 aromatic rings. The number of halogens is 1. The average molecular weight is 151 g/mol. The van der Waals surface area contributed by atoms with Crippen LogP contribution < -0.4 is 0 Å². The summed E-state index contributed by atoms with van der Waals surface area (Å²) in [5.74, 6) is 3.27. The van der Waals surface area contributed by atoms with E-state index in [1.54, 1.807) is 0 Å². The van der Waals surface area contributed by atoms with Crippen LogP contribution >= 0.6 is 28.6 Å². The van der Waals surface area contributed by atoms with Crippen LogP contribution in [0.3, 0.4) is 0 Å². The van der Waals surface area contributed by atoms with E-state index in [0.717, 1.165) is 0 Å². The third-order valence-electron chi connectivity index (χ3n) is 0.146. The van der Waals surface area contributed by atoms with Gasteiger partial charge in [0.2, 0.25) is 0 Å². The molecule has 0 spiro atoms. The summed E-state index contributed by atoms with van der Waals surface area (Å²) in [6.07, 6.45) is 0. The predicted molar refractivity (Wildman–Crippen MR) is 30.6 cm³/mol. The average Bonchev–Trinajstić information content (AvgIpc) is 1.41. The maximum absolute atomic E-state index is 3.80. The lowest BCUT2D eigenvalue weighted by atomic mass is 10.8. The van der Waals surface area contributed by atoms with Gasteiger partial charge in [0.25, 0.3) is 0 Å². The van der Waals surface area contributed by atoms with Crippen LogP contribution in [0.1, 0.15) is 0 Å². The van der Waals surface area contributed by atoms with E-state index in [2.05, 4.69) is 39.3 Å². The largest absolute Gasteiger partial charge is 0.166 e. The van der Waals surface area contributed by atoms with Gasteiger partial charge in [0.15, 0.2) is 0 Å². The van der Waals surface area contributed by atoms with Crippen molar-refractivity contribution in [3.63, 3.8) is 0 Å². The summed E-state index contributed by atoms with van der Waals surface area (Å²) in [7, 11) is 0. The van der Waals surface area contributed by atoms with Crippen molar-refractivity contribution in [3.05, 3.63) is 0 Å². The van der Waals surface area contributed by atoms with Crippen LogP contribution in [0.4, 0.5) is 0 Å². The first-order chi connectivity index (χ1) is 2.41. The lowest BCUT2D eigenvalue weighted by molar-refractivity contribution is 1.99. The summed E-state index contributed by atoms with van der Waals surface area (Å²) < 4.78 is 0. The van der Waals surface area contributed by atoms with Gasteiger partial charge in [-0.15, -0.1) is 0 Å². The van der Waals surface area contributed by atoms with E-state index in [1.165, 1.54) is 0 Å². The quantitative estimate of drug-likeness (QED) is 0.391. The SMILES string of the molecule is SCC#CBr. The second-order valence-electron chi connectivity index (χ2n) is 0.429. The van der Waals surface area contributed by atoms with E-state index in [4.69, 9.17) is 0 Å². The van der Waals surface area contributed by atoms with Gasteiger partial charge in [0.05, 0.1) is 5.75 Å². The molecule has 2 heteroatoms. The molecule has 0 amide bonds. The molecule has 0 aliphatic heterocycles. The molecule has 5 heavy (non-hydrogen) atoms. The Bertz CT molecular complexity index is 59.0. The minimum Gasteiger partial charge on any atom is -0.166 e. The van der Waals surface area contributed by atoms with E-state index in [1.807, 2.05) is 0 Å². The zero-order valence-corrected chi connectivity index (χ0v) is 5.01. The molecule has 0 saturated carbocycles. The molecular weight excluding hydrogens is 148 g/mol. The third kappa shape index (κ3) is 4.39. The van der Waals surface area contributed by atoms with Crippen molar-refractivity contribution in [2.75, 3.05) is 5.75 Å². The molecule has 0 aromatic heterocycles. The molecule has 0 nitrogen and oxygen atoms in total. The van der Waals surface area contributed by atoms with Crippen LogP contribution in [0.2, 0.25) is 0 Å². The summed E-state index contributed by atoms with van der Waals surface area (Å²) in [5.41, 5.74) is 0. The molecular formula is C3H3BrS. The molecule has 0 heterocycles. The molecule has 0 atom stereocenters. The lowest BCUT2D eigenvalue weighted by Gasteiger charge is -1.56. The highest BCUT2D eigenvalue weighted by atomic mass is 79.9. The van der Waals surface area contributed by atoms with Crippen LogP contribution in [0.15, 0.2) is 0 Å². The second kappa shape index (κ2) is 4.39. The van der Waals surface area contributed by atoms with Crippen molar-refractivity contribution in [1.82, 2.24) is 0 Å². The maximum atomic E-state index is 3.80. The van der Waals surface area contributed by atoms with Crippen molar-refractivity contribution in [1.29, 1.82) is 0 Å². The molecule has 0 radical (unpaired) electrons. The Labute approximate surface area is 45.5 Å². The molecule has 0 saturated heterocycles. The van der Waals surface area contributed by atoms with Gasteiger partial charge in [0.1, 0.15) is 0 Å². The Kier molecular flexibility index (Phi) is 4.73. The fourth-order valence-corrected chi connectivity index (χ4v) is 0.466. The van der Waals surface area contributed by atoms with Crippen LogP contribution in [-0.2, 0) is 0 Å². The number of hydrogen-bond acceptors (Lipinski definition) is 1. The molecule has 0 fully saturated rings. The van der Waals surface area contributed by atoms with Crippen molar-refractivity contribution >= 4 is 28.6 Å². The van der Waals surface area contributed by atoms with E-state index >= 15 is 0 Å². The second-order valence-corrected chi connectivity index (χ2v) is 1.14. The van der Waals surface area contributed by atoms with Crippen LogP contribution in [0.25, 0.3) is 0 Å². The summed E-state index contributed by atoms with van der Waals surface area (Å²) >= 11 is 6.70. The van der Waals surface area contributed by atoms with Gasteiger partial charge in [0, 0.05) is 15.9 Å². The molecule has 28 valence electrons. The topological polar surface area (TPSA) is 0 Å². The molecule has 0 N–H and O–H groups in total. The van der Waals surface area contributed by atoms with E-state index in [-0.39, 0.29) is 0 Å². The molecule has 0 aromatic carbocycles. The minimum atomic E-state index is 0.630. The smallest absolute Gasteiger partial charge is 0.0526 e. The van der Waals surface area contributed by atoms with Gasteiger partial charge < -0.3 is 0 Å². The van der Waals surface area contributed by atoms with Crippen molar-refractivity contribution in [2.45, 2.75) is 0 Å². The lowest BCUT2D eigenvalue weighted by Crippen LogP contribution is -1.50. The van der Waals surface area contributed by atoms with Crippen molar-refractivity contribution < 1.29 is 0 Å². The molecule has 0 unspecified atom stereocenters. The van der Waals surface area contributed by atoms with Gasteiger partial charge in [-0.25, -0.2) is 0 Å². The molecule has 0 bridgehead atoms. The first kappa shape index (κ1) is 5.39. The van der Waals surface area contributed by atoms with Gasteiger partial charge in [-0.2, -0.15) is 12.6 Å². The van der Waals surface area contributed by atoms with Crippen LogP contribution in [-0.4, -0.2) is 5.75 Å². The summed E-state index contributed by atoms with van der Waals surface area (Å²) in [6, 6.07) is 0. The number of rotatable bonds is 0. The summed E-state index contributed by atoms with van der Waals surface area (Å²) in [5, 5.41) is 0. The van der Waals surface area contributed by atoms with Gasteiger partial charge >= 0.3 is 0 Å². The highest BCUT2D eigenvalue weighted by Gasteiger charge is 1.50. The Balaban J connectivity index is 2.81.